The number of anilines is 1. The van der Waals surface area contributed by atoms with E-state index < -0.39 is 0 Å². The molecule has 0 aliphatic carbocycles. The molecule has 4 rings (SSSR count). The zero-order chi connectivity index (χ0) is 21.5. The van der Waals surface area contributed by atoms with Crippen molar-refractivity contribution < 1.29 is 4.79 Å². The minimum Gasteiger partial charge on any atom is -0.338 e. The van der Waals surface area contributed by atoms with Crippen LogP contribution in [0.3, 0.4) is 0 Å². The fourth-order valence-corrected chi connectivity index (χ4v) is 3.94. The Kier molecular flexibility index (Phi) is 6.91. The van der Waals surface area contributed by atoms with Crippen molar-refractivity contribution in [1.82, 2.24) is 29.9 Å². The number of rotatable bonds is 7. The lowest BCUT2D eigenvalue weighted by Crippen LogP contribution is -2.47. The molecule has 0 spiro atoms. The van der Waals surface area contributed by atoms with Gasteiger partial charge < -0.3 is 15.5 Å². The number of likely N-dealkylation sites (N-methyl/N-ethyl adjacent to an activating group) is 1. The lowest BCUT2D eigenvalue weighted by Gasteiger charge is -2.40. The summed E-state index contributed by atoms with van der Waals surface area (Å²) in [5, 5.41) is 10.0. The number of amides is 2. The van der Waals surface area contributed by atoms with E-state index in [2.05, 4.69) is 67.9 Å². The average Bonchev–Trinajstić information content (AvgIpc) is 3.33. The number of piperazine rings is 1. The van der Waals surface area contributed by atoms with Crippen LogP contribution in [0, 0.1) is 0 Å². The Morgan fingerprint density at radius 3 is 2.77 bits per heavy atom. The van der Waals surface area contributed by atoms with E-state index in [9.17, 15) is 4.79 Å². The Morgan fingerprint density at radius 1 is 1.10 bits per heavy atom. The van der Waals surface area contributed by atoms with Crippen molar-refractivity contribution in [2.75, 3.05) is 45.1 Å². The number of hydrogen-bond donors (Lipinski definition) is 2. The molecule has 0 saturated carbocycles. The highest BCUT2D eigenvalue weighted by atomic mass is 16.2. The van der Waals surface area contributed by atoms with Crippen molar-refractivity contribution in [2.24, 2.45) is 0 Å². The number of carbonyl (C=O) groups excluding carboxylic acids is 1. The first-order valence-corrected chi connectivity index (χ1v) is 10.7. The molecule has 0 unspecified atom stereocenters. The minimum absolute atomic E-state index is 0.237. The van der Waals surface area contributed by atoms with Crippen LogP contribution in [0.1, 0.15) is 18.0 Å². The van der Waals surface area contributed by atoms with Gasteiger partial charge in [0.2, 0.25) is 0 Å². The van der Waals surface area contributed by atoms with Crippen LogP contribution in [0.2, 0.25) is 0 Å². The van der Waals surface area contributed by atoms with E-state index in [1.807, 2.05) is 12.1 Å². The normalized spacial score (nSPS) is 17.4. The summed E-state index contributed by atoms with van der Waals surface area (Å²) in [6.07, 6.45) is 6.04. The number of carbonyl (C=O) groups is 1. The van der Waals surface area contributed by atoms with E-state index in [0.717, 1.165) is 32.6 Å². The lowest BCUT2D eigenvalue weighted by atomic mass is 10.0. The molecule has 8 nitrogen and oxygen atoms in total. The number of benzene rings is 1. The molecule has 0 radical (unpaired) electrons. The van der Waals surface area contributed by atoms with Gasteiger partial charge in [0.05, 0.1) is 5.69 Å². The second kappa shape index (κ2) is 10.2. The Hall–Kier alpha value is -3.23. The fraction of sp³-hybridized carbons (Fsp3) is 0.348. The standard InChI is InChI=1S/C23H29N7O/c1-28-16-17-29(21(18-28)19-8-3-2-4-9-19)14-6-12-25-23(31)27-20-10-5-11-24-22(20)30-15-7-13-26-30/h2-5,7-11,13,15,21H,6,12,14,16-18H2,1H3,(H2,25,27,31)/t21-/m1/s1. The predicted molar refractivity (Wildman–Crippen MR) is 121 cm³/mol. The van der Waals surface area contributed by atoms with Crippen LogP contribution >= 0.6 is 0 Å². The number of aromatic nitrogens is 3. The third-order valence-electron chi connectivity index (χ3n) is 5.54. The Labute approximate surface area is 182 Å². The van der Waals surface area contributed by atoms with Gasteiger partial charge in [0, 0.05) is 57.4 Å². The highest BCUT2D eigenvalue weighted by Gasteiger charge is 2.25. The van der Waals surface area contributed by atoms with E-state index in [1.54, 1.807) is 29.3 Å². The van der Waals surface area contributed by atoms with E-state index in [1.165, 1.54) is 5.56 Å². The molecule has 31 heavy (non-hydrogen) atoms. The van der Waals surface area contributed by atoms with Gasteiger partial charge in [0.15, 0.2) is 5.82 Å². The first-order valence-electron chi connectivity index (χ1n) is 10.7. The summed E-state index contributed by atoms with van der Waals surface area (Å²) in [6.45, 7) is 4.67. The summed E-state index contributed by atoms with van der Waals surface area (Å²) in [6, 6.07) is 16.2. The van der Waals surface area contributed by atoms with Crippen LogP contribution in [-0.4, -0.2) is 70.4 Å². The van der Waals surface area contributed by atoms with Crippen LogP contribution in [-0.2, 0) is 0 Å². The van der Waals surface area contributed by atoms with Crippen LogP contribution in [0.4, 0.5) is 10.5 Å². The van der Waals surface area contributed by atoms with Gasteiger partial charge in [-0.1, -0.05) is 30.3 Å². The van der Waals surface area contributed by atoms with E-state index in [-0.39, 0.29) is 6.03 Å². The molecule has 0 bridgehead atoms. The summed E-state index contributed by atoms with van der Waals surface area (Å²) >= 11 is 0. The molecule has 1 fully saturated rings. The van der Waals surface area contributed by atoms with Gasteiger partial charge >= 0.3 is 6.03 Å². The van der Waals surface area contributed by atoms with Gasteiger partial charge in [-0.05, 0) is 37.2 Å². The van der Waals surface area contributed by atoms with Gasteiger partial charge in [-0.25, -0.2) is 14.5 Å². The van der Waals surface area contributed by atoms with Crippen molar-refractivity contribution in [2.45, 2.75) is 12.5 Å². The fourth-order valence-electron chi connectivity index (χ4n) is 3.94. The van der Waals surface area contributed by atoms with Crippen molar-refractivity contribution in [1.29, 1.82) is 0 Å². The van der Waals surface area contributed by atoms with E-state index in [0.29, 0.717) is 24.1 Å². The molecule has 8 heteroatoms. The first-order chi connectivity index (χ1) is 15.2. The van der Waals surface area contributed by atoms with Gasteiger partial charge in [-0.15, -0.1) is 0 Å². The monoisotopic (exact) mass is 419 g/mol. The largest absolute Gasteiger partial charge is 0.338 e. The van der Waals surface area contributed by atoms with Gasteiger partial charge in [0.25, 0.3) is 0 Å². The molecule has 2 amide bonds. The summed E-state index contributed by atoms with van der Waals surface area (Å²) < 4.78 is 1.63. The molecule has 1 saturated heterocycles. The molecule has 3 aromatic rings. The van der Waals surface area contributed by atoms with Crippen LogP contribution in [0.15, 0.2) is 67.1 Å². The van der Waals surface area contributed by atoms with Crippen LogP contribution < -0.4 is 10.6 Å². The summed E-state index contributed by atoms with van der Waals surface area (Å²) in [7, 11) is 2.18. The molecule has 162 valence electrons. The van der Waals surface area contributed by atoms with E-state index in [4.69, 9.17) is 0 Å². The van der Waals surface area contributed by atoms with Crippen molar-refractivity contribution in [3.05, 3.63) is 72.7 Å². The molecule has 1 aliphatic rings. The molecule has 2 aromatic heterocycles. The number of hydrogen-bond acceptors (Lipinski definition) is 5. The maximum Gasteiger partial charge on any atom is 0.319 e. The Bertz CT molecular complexity index is 961. The zero-order valence-corrected chi connectivity index (χ0v) is 17.8. The van der Waals surface area contributed by atoms with Crippen LogP contribution in [0.5, 0.6) is 0 Å². The summed E-state index contributed by atoms with van der Waals surface area (Å²) in [5.74, 6) is 0.589. The number of urea groups is 1. The van der Waals surface area contributed by atoms with Gasteiger partial charge in [0.1, 0.15) is 0 Å². The Morgan fingerprint density at radius 2 is 1.97 bits per heavy atom. The minimum atomic E-state index is -0.237. The molecular weight excluding hydrogens is 390 g/mol. The topological polar surface area (TPSA) is 78.3 Å². The third kappa shape index (κ3) is 5.48. The lowest BCUT2D eigenvalue weighted by molar-refractivity contribution is 0.0890. The SMILES string of the molecule is CN1CCN(CCCNC(=O)Nc2cccnc2-n2cccn2)[C@@H](c2ccccc2)C1. The second-order valence-electron chi connectivity index (χ2n) is 7.78. The summed E-state index contributed by atoms with van der Waals surface area (Å²) in [5.41, 5.74) is 1.97. The third-order valence-corrected chi connectivity index (χ3v) is 5.54. The molecule has 1 atom stereocenters. The zero-order valence-electron chi connectivity index (χ0n) is 17.8. The number of nitrogens with one attached hydrogen (secondary N) is 2. The molecule has 3 heterocycles. The molecule has 1 aliphatic heterocycles. The first kappa shape index (κ1) is 21.0. The van der Waals surface area contributed by atoms with Crippen molar-refractivity contribution >= 4 is 11.7 Å². The Balaban J connectivity index is 1.27. The second-order valence-corrected chi connectivity index (χ2v) is 7.78. The quantitative estimate of drug-likeness (QED) is 0.576. The van der Waals surface area contributed by atoms with Gasteiger partial charge in [-0.2, -0.15) is 5.10 Å². The highest BCUT2D eigenvalue weighted by Crippen LogP contribution is 2.24. The summed E-state index contributed by atoms with van der Waals surface area (Å²) in [4.78, 5) is 21.6. The molecule has 2 N–H and O–H groups in total. The molecular formula is C23H29N7O. The van der Waals surface area contributed by atoms with Crippen molar-refractivity contribution in [3.63, 3.8) is 0 Å². The van der Waals surface area contributed by atoms with E-state index >= 15 is 0 Å². The number of pyridine rings is 1. The molecule has 1 aromatic carbocycles. The predicted octanol–water partition coefficient (Wildman–Crippen LogP) is 2.77. The number of nitrogens with zero attached hydrogens (tertiary/aromatic N) is 5. The highest BCUT2D eigenvalue weighted by molar-refractivity contribution is 5.90. The maximum atomic E-state index is 12.4. The average molecular weight is 420 g/mol. The van der Waals surface area contributed by atoms with Crippen molar-refractivity contribution in [3.8, 4) is 5.82 Å². The smallest absolute Gasteiger partial charge is 0.319 e. The van der Waals surface area contributed by atoms with Crippen LogP contribution in [0.25, 0.3) is 5.82 Å². The maximum absolute atomic E-state index is 12.4. The van der Waals surface area contributed by atoms with Gasteiger partial charge in [-0.3, -0.25) is 4.90 Å².